The Kier molecular flexibility index (Phi) is 7.25. The molecule has 0 saturated carbocycles. The van der Waals surface area contributed by atoms with E-state index in [0.29, 0.717) is 53.9 Å². The number of hydrogen-bond acceptors (Lipinski definition) is 8. The Morgan fingerprint density at radius 3 is 2.54 bits per heavy atom. The number of fused-ring (bicyclic) bond motifs is 1. The third-order valence-electron chi connectivity index (χ3n) is 7.05. The van der Waals surface area contributed by atoms with E-state index < -0.39 is 6.10 Å². The summed E-state index contributed by atoms with van der Waals surface area (Å²) in [6.45, 7) is 7.98. The minimum atomic E-state index is -0.997. The molecule has 1 amide bonds. The number of rotatable bonds is 6. The summed E-state index contributed by atoms with van der Waals surface area (Å²) in [6.07, 6.45) is -0.291. The first-order valence-corrected chi connectivity index (χ1v) is 13.7. The lowest BCUT2D eigenvalue weighted by Crippen LogP contribution is -2.51. The number of aromatic nitrogens is 3. The number of aliphatic hydroxyl groups excluding tert-OH is 1. The molecule has 4 heterocycles. The van der Waals surface area contributed by atoms with Crippen LogP contribution in [-0.2, 0) is 11.2 Å². The van der Waals surface area contributed by atoms with Crippen molar-refractivity contribution in [1.82, 2.24) is 19.5 Å². The molecule has 1 fully saturated rings. The van der Waals surface area contributed by atoms with Gasteiger partial charge >= 0.3 is 0 Å². The predicted octanol–water partition coefficient (Wildman–Crippen LogP) is 4.14. The van der Waals surface area contributed by atoms with Crippen molar-refractivity contribution in [1.29, 1.82) is 5.26 Å². The molecule has 1 atom stereocenters. The van der Waals surface area contributed by atoms with Crippen LogP contribution in [0.2, 0.25) is 0 Å². The third-order valence-corrected chi connectivity index (χ3v) is 8.08. The fourth-order valence-corrected chi connectivity index (χ4v) is 5.84. The minimum Gasteiger partial charge on any atom is -0.384 e. The van der Waals surface area contributed by atoms with E-state index >= 15 is 0 Å². The molecule has 1 saturated heterocycles. The summed E-state index contributed by atoms with van der Waals surface area (Å²) in [6, 6.07) is 12.4. The first-order chi connectivity index (χ1) is 18.7. The zero-order valence-electron chi connectivity index (χ0n) is 22.3. The van der Waals surface area contributed by atoms with Crippen molar-refractivity contribution in [3.05, 3.63) is 58.5 Å². The lowest BCUT2D eigenvalue weighted by molar-refractivity contribution is -0.139. The third kappa shape index (κ3) is 4.93. The Labute approximate surface area is 230 Å². The van der Waals surface area contributed by atoms with Gasteiger partial charge in [0.1, 0.15) is 28.6 Å². The molecule has 0 spiro atoms. The van der Waals surface area contributed by atoms with E-state index in [1.54, 1.807) is 17.0 Å². The SMILES string of the molecule is CCc1nn2c(C)cc(N3CCN(C(=O)[C@H](C)O)CC3)cc2c1N(C)c1nc(-c2ccc(F)cc2)c(C#N)s1. The van der Waals surface area contributed by atoms with E-state index in [0.717, 1.165) is 28.3 Å². The highest BCUT2D eigenvalue weighted by atomic mass is 32.1. The zero-order valence-corrected chi connectivity index (χ0v) is 23.2. The second-order valence-corrected chi connectivity index (χ2v) is 10.6. The number of aryl methyl sites for hydroxylation is 2. The van der Waals surface area contributed by atoms with Gasteiger partial charge in [0.05, 0.1) is 16.9 Å². The van der Waals surface area contributed by atoms with E-state index in [1.165, 1.54) is 30.4 Å². The number of carbonyl (C=O) groups is 1. The number of nitriles is 1. The second kappa shape index (κ2) is 10.6. The van der Waals surface area contributed by atoms with Gasteiger partial charge in [0.25, 0.3) is 5.91 Å². The van der Waals surface area contributed by atoms with Gasteiger partial charge in [-0.3, -0.25) is 4.79 Å². The molecule has 1 aliphatic heterocycles. The average Bonchev–Trinajstić information content (AvgIpc) is 3.55. The van der Waals surface area contributed by atoms with Crippen molar-refractivity contribution >= 4 is 39.3 Å². The van der Waals surface area contributed by atoms with Crippen LogP contribution in [0.15, 0.2) is 36.4 Å². The van der Waals surface area contributed by atoms with Gasteiger partial charge < -0.3 is 19.8 Å². The Bertz CT molecular complexity index is 1560. The van der Waals surface area contributed by atoms with Crippen LogP contribution in [0, 0.1) is 24.1 Å². The van der Waals surface area contributed by atoms with Crippen molar-refractivity contribution < 1.29 is 14.3 Å². The minimum absolute atomic E-state index is 0.242. The van der Waals surface area contributed by atoms with Gasteiger partial charge in [0.2, 0.25) is 0 Å². The number of pyridine rings is 1. The molecule has 5 rings (SSSR count). The van der Waals surface area contributed by atoms with Crippen LogP contribution >= 0.6 is 11.3 Å². The maximum Gasteiger partial charge on any atom is 0.251 e. The molecular weight excluding hydrogens is 517 g/mol. The molecule has 39 heavy (non-hydrogen) atoms. The number of thiazole rings is 1. The highest BCUT2D eigenvalue weighted by Gasteiger charge is 2.26. The Balaban J connectivity index is 1.51. The van der Waals surface area contributed by atoms with Crippen molar-refractivity contribution in [2.24, 2.45) is 0 Å². The van der Waals surface area contributed by atoms with Gasteiger partial charge in [-0.2, -0.15) is 10.4 Å². The summed E-state index contributed by atoms with van der Waals surface area (Å²) in [5.74, 6) is -0.584. The molecule has 4 aromatic rings. The number of carbonyl (C=O) groups excluding carboxylic acids is 1. The first-order valence-electron chi connectivity index (χ1n) is 12.9. The van der Waals surface area contributed by atoms with Gasteiger partial charge in [-0.05, 0) is 56.7 Å². The number of halogens is 1. The maximum atomic E-state index is 13.5. The monoisotopic (exact) mass is 547 g/mol. The second-order valence-electron chi connectivity index (χ2n) is 9.64. The van der Waals surface area contributed by atoms with Crippen molar-refractivity contribution in [3.8, 4) is 17.3 Å². The van der Waals surface area contributed by atoms with E-state index in [2.05, 4.69) is 30.0 Å². The van der Waals surface area contributed by atoms with Gasteiger partial charge in [0.15, 0.2) is 5.13 Å². The van der Waals surface area contributed by atoms with Crippen LogP contribution < -0.4 is 9.80 Å². The summed E-state index contributed by atoms with van der Waals surface area (Å²) in [4.78, 5) is 23.4. The van der Waals surface area contributed by atoms with Crippen molar-refractivity contribution in [3.63, 3.8) is 0 Å². The van der Waals surface area contributed by atoms with E-state index in [-0.39, 0.29) is 11.7 Å². The van der Waals surface area contributed by atoms with Crippen molar-refractivity contribution in [2.75, 3.05) is 43.0 Å². The molecule has 202 valence electrons. The molecule has 0 radical (unpaired) electrons. The van der Waals surface area contributed by atoms with Crippen LogP contribution in [0.5, 0.6) is 0 Å². The lowest BCUT2D eigenvalue weighted by Gasteiger charge is -2.36. The molecular formula is C28H30FN7O2S. The molecule has 3 aromatic heterocycles. The molecule has 1 aromatic carbocycles. The number of benzene rings is 1. The molecule has 1 aliphatic rings. The Morgan fingerprint density at radius 1 is 1.23 bits per heavy atom. The summed E-state index contributed by atoms with van der Waals surface area (Å²) >= 11 is 1.29. The predicted molar refractivity (Wildman–Crippen MR) is 150 cm³/mol. The van der Waals surface area contributed by atoms with Crippen molar-refractivity contribution in [2.45, 2.75) is 33.3 Å². The summed E-state index contributed by atoms with van der Waals surface area (Å²) < 4.78 is 15.4. The molecule has 0 aliphatic carbocycles. The quantitative estimate of drug-likeness (QED) is 0.387. The van der Waals surface area contributed by atoms with Gasteiger partial charge in [-0.1, -0.05) is 18.3 Å². The van der Waals surface area contributed by atoms with Gasteiger partial charge in [-0.15, -0.1) is 0 Å². The number of hydrogen-bond donors (Lipinski definition) is 1. The normalized spacial score (nSPS) is 14.5. The van der Waals surface area contributed by atoms with Crippen LogP contribution in [-0.4, -0.2) is 69.8 Å². The summed E-state index contributed by atoms with van der Waals surface area (Å²) in [7, 11) is 1.92. The first kappa shape index (κ1) is 26.6. The fourth-order valence-electron chi connectivity index (χ4n) is 4.99. The standard InChI is InChI=1S/C28H30FN7O2S/c1-5-22-26(33(4)28-31-25(24(16-30)39-28)19-6-8-20(29)9-7-19)23-15-21(14-17(2)36(23)32-22)34-10-12-35(13-11-34)27(38)18(3)37/h6-9,14-15,18,37H,5,10-13H2,1-4H3/t18-/m0/s1. The number of aliphatic hydroxyl groups is 1. The molecule has 0 unspecified atom stereocenters. The highest BCUT2D eigenvalue weighted by molar-refractivity contribution is 7.16. The summed E-state index contributed by atoms with van der Waals surface area (Å²) in [5.41, 5.74) is 5.96. The van der Waals surface area contributed by atoms with Gasteiger partial charge in [-0.25, -0.2) is 13.9 Å². The Morgan fingerprint density at radius 2 is 1.92 bits per heavy atom. The lowest BCUT2D eigenvalue weighted by atomic mass is 10.1. The van der Waals surface area contributed by atoms with E-state index in [4.69, 9.17) is 10.1 Å². The number of piperazine rings is 1. The molecule has 1 N–H and O–H groups in total. The molecule has 11 heteroatoms. The molecule has 0 bridgehead atoms. The van der Waals surface area contributed by atoms with Crippen LogP contribution in [0.4, 0.5) is 20.9 Å². The largest absolute Gasteiger partial charge is 0.384 e. The van der Waals surface area contributed by atoms with E-state index in [9.17, 15) is 19.6 Å². The van der Waals surface area contributed by atoms with Crippen LogP contribution in [0.25, 0.3) is 16.8 Å². The summed E-state index contributed by atoms with van der Waals surface area (Å²) in [5, 5.41) is 25.0. The average molecular weight is 548 g/mol. The topological polar surface area (TPSA) is 101 Å². The number of nitrogens with zero attached hydrogens (tertiary/aromatic N) is 7. The zero-order chi connectivity index (χ0) is 27.8. The smallest absolute Gasteiger partial charge is 0.251 e. The van der Waals surface area contributed by atoms with E-state index in [1.807, 2.05) is 23.4 Å². The maximum absolute atomic E-state index is 13.5. The molecule has 9 nitrogen and oxygen atoms in total. The Hall–Kier alpha value is -4.01. The van der Waals surface area contributed by atoms with Crippen LogP contribution in [0.3, 0.4) is 0 Å². The number of amides is 1. The van der Waals surface area contributed by atoms with Gasteiger partial charge in [0, 0.05) is 50.2 Å². The number of anilines is 3. The van der Waals surface area contributed by atoms with Crippen LogP contribution in [0.1, 0.15) is 30.1 Å². The fraction of sp³-hybridized carbons (Fsp3) is 0.357. The highest BCUT2D eigenvalue weighted by Crippen LogP contribution is 2.39.